The summed E-state index contributed by atoms with van der Waals surface area (Å²) in [5, 5.41) is 1.63. The molecule has 0 saturated heterocycles. The molecule has 0 aliphatic carbocycles. The third kappa shape index (κ3) is 2.94. The SMILES string of the molecule is CCc1nc(N)c(C)c(Sc2ccc(Cl)cc2)n1. The first kappa shape index (κ1) is 13.2. The number of hydrogen-bond acceptors (Lipinski definition) is 4. The Bertz CT molecular complexity index is 555. The van der Waals surface area contributed by atoms with E-state index < -0.39 is 0 Å². The molecule has 0 radical (unpaired) electrons. The lowest BCUT2D eigenvalue weighted by atomic mass is 10.3. The second-order valence-electron chi connectivity index (χ2n) is 3.86. The third-order valence-electron chi connectivity index (χ3n) is 2.53. The van der Waals surface area contributed by atoms with Crippen molar-refractivity contribution < 1.29 is 0 Å². The van der Waals surface area contributed by atoms with Gasteiger partial charge < -0.3 is 5.73 Å². The van der Waals surface area contributed by atoms with Crippen LogP contribution in [0.5, 0.6) is 0 Å². The summed E-state index contributed by atoms with van der Waals surface area (Å²) in [6.45, 7) is 3.95. The van der Waals surface area contributed by atoms with Gasteiger partial charge in [0.05, 0.1) is 0 Å². The lowest BCUT2D eigenvalue weighted by Crippen LogP contribution is -2.03. The highest BCUT2D eigenvalue weighted by molar-refractivity contribution is 7.99. The lowest BCUT2D eigenvalue weighted by molar-refractivity contribution is 0.878. The Balaban J connectivity index is 2.33. The molecule has 0 aliphatic heterocycles. The highest BCUT2D eigenvalue weighted by Gasteiger charge is 2.09. The summed E-state index contributed by atoms with van der Waals surface area (Å²) >= 11 is 7.44. The van der Waals surface area contributed by atoms with Crippen LogP contribution in [0.2, 0.25) is 5.02 Å². The monoisotopic (exact) mass is 279 g/mol. The van der Waals surface area contributed by atoms with Gasteiger partial charge in [0, 0.05) is 21.9 Å². The molecule has 2 rings (SSSR count). The molecule has 1 aromatic heterocycles. The van der Waals surface area contributed by atoms with Crippen molar-refractivity contribution in [1.82, 2.24) is 9.97 Å². The normalized spacial score (nSPS) is 10.6. The van der Waals surface area contributed by atoms with Gasteiger partial charge in [0.15, 0.2) is 0 Å². The summed E-state index contributed by atoms with van der Waals surface area (Å²) in [4.78, 5) is 9.83. The van der Waals surface area contributed by atoms with Gasteiger partial charge >= 0.3 is 0 Å². The molecule has 2 aromatic rings. The Kier molecular flexibility index (Phi) is 4.09. The number of anilines is 1. The van der Waals surface area contributed by atoms with Crippen LogP contribution in [0.25, 0.3) is 0 Å². The first-order valence-corrected chi connectivity index (χ1v) is 6.86. The van der Waals surface area contributed by atoms with E-state index in [9.17, 15) is 0 Å². The second kappa shape index (κ2) is 5.59. The topological polar surface area (TPSA) is 51.8 Å². The Hall–Kier alpha value is -1.26. The zero-order chi connectivity index (χ0) is 13.1. The van der Waals surface area contributed by atoms with E-state index >= 15 is 0 Å². The van der Waals surface area contributed by atoms with Crippen LogP contribution in [0.4, 0.5) is 5.82 Å². The van der Waals surface area contributed by atoms with Crippen molar-refractivity contribution >= 4 is 29.2 Å². The lowest BCUT2D eigenvalue weighted by Gasteiger charge is -2.08. The summed E-state index contributed by atoms with van der Waals surface area (Å²) in [6.07, 6.45) is 0.776. The van der Waals surface area contributed by atoms with Crippen molar-refractivity contribution in [3.05, 3.63) is 40.7 Å². The largest absolute Gasteiger partial charge is 0.383 e. The molecule has 1 aromatic carbocycles. The molecule has 1 heterocycles. The van der Waals surface area contributed by atoms with Crippen LogP contribution in [0.1, 0.15) is 18.3 Å². The Morgan fingerprint density at radius 1 is 1.22 bits per heavy atom. The maximum atomic E-state index is 5.89. The molecule has 0 saturated carbocycles. The maximum Gasteiger partial charge on any atom is 0.131 e. The van der Waals surface area contributed by atoms with Gasteiger partial charge in [-0.25, -0.2) is 9.97 Å². The van der Waals surface area contributed by atoms with Crippen LogP contribution in [-0.2, 0) is 6.42 Å². The Morgan fingerprint density at radius 2 is 1.89 bits per heavy atom. The number of aryl methyl sites for hydroxylation is 1. The Labute approximate surface area is 116 Å². The molecule has 5 heteroatoms. The molecular formula is C13H14ClN3S. The van der Waals surface area contributed by atoms with Crippen LogP contribution in [-0.4, -0.2) is 9.97 Å². The molecule has 0 spiro atoms. The molecule has 18 heavy (non-hydrogen) atoms. The molecule has 0 atom stereocenters. The van der Waals surface area contributed by atoms with Gasteiger partial charge in [0.2, 0.25) is 0 Å². The van der Waals surface area contributed by atoms with Crippen molar-refractivity contribution in [2.75, 3.05) is 5.73 Å². The third-order valence-corrected chi connectivity index (χ3v) is 3.88. The van der Waals surface area contributed by atoms with Gasteiger partial charge in [-0.1, -0.05) is 30.3 Å². The number of nitrogen functional groups attached to an aromatic ring is 1. The van der Waals surface area contributed by atoms with Gasteiger partial charge in [0.1, 0.15) is 16.7 Å². The highest BCUT2D eigenvalue weighted by atomic mass is 35.5. The molecule has 0 aliphatic rings. The van der Waals surface area contributed by atoms with Crippen molar-refractivity contribution in [2.24, 2.45) is 0 Å². The quantitative estimate of drug-likeness (QED) is 0.870. The van der Waals surface area contributed by atoms with Gasteiger partial charge in [-0.2, -0.15) is 0 Å². The van der Waals surface area contributed by atoms with E-state index in [0.717, 1.165) is 32.8 Å². The van der Waals surface area contributed by atoms with Gasteiger partial charge in [0.25, 0.3) is 0 Å². The van der Waals surface area contributed by atoms with E-state index in [4.69, 9.17) is 17.3 Å². The fraction of sp³-hybridized carbons (Fsp3) is 0.231. The number of nitrogens with zero attached hydrogens (tertiary/aromatic N) is 2. The number of hydrogen-bond donors (Lipinski definition) is 1. The van der Waals surface area contributed by atoms with E-state index in [1.807, 2.05) is 38.1 Å². The highest BCUT2D eigenvalue weighted by Crippen LogP contribution is 2.31. The van der Waals surface area contributed by atoms with Crippen molar-refractivity contribution in [3.63, 3.8) is 0 Å². The first-order chi connectivity index (χ1) is 8.60. The summed E-state index contributed by atoms with van der Waals surface area (Å²) in [6, 6.07) is 7.67. The van der Waals surface area contributed by atoms with E-state index in [-0.39, 0.29) is 0 Å². The van der Waals surface area contributed by atoms with E-state index in [1.165, 1.54) is 0 Å². The van der Waals surface area contributed by atoms with Gasteiger partial charge in [-0.3, -0.25) is 0 Å². The summed E-state index contributed by atoms with van der Waals surface area (Å²) in [5.74, 6) is 1.33. The molecule has 0 amide bonds. The van der Waals surface area contributed by atoms with E-state index in [1.54, 1.807) is 11.8 Å². The fourth-order valence-electron chi connectivity index (χ4n) is 1.43. The minimum Gasteiger partial charge on any atom is -0.383 e. The fourth-order valence-corrected chi connectivity index (χ4v) is 2.46. The standard InChI is InChI=1S/C13H14ClN3S/c1-3-11-16-12(15)8(2)13(17-11)18-10-6-4-9(14)5-7-10/h4-7H,3H2,1-2H3,(H2,15,16,17). The van der Waals surface area contributed by atoms with Crippen molar-refractivity contribution in [1.29, 1.82) is 0 Å². The zero-order valence-corrected chi connectivity index (χ0v) is 11.8. The average molecular weight is 280 g/mol. The predicted octanol–water partition coefficient (Wildman–Crippen LogP) is 3.73. The average Bonchev–Trinajstić information content (AvgIpc) is 2.37. The molecule has 2 N–H and O–H groups in total. The number of aromatic nitrogens is 2. The molecule has 3 nitrogen and oxygen atoms in total. The van der Waals surface area contributed by atoms with Crippen LogP contribution >= 0.6 is 23.4 Å². The summed E-state index contributed by atoms with van der Waals surface area (Å²) in [7, 11) is 0. The van der Waals surface area contributed by atoms with E-state index in [2.05, 4.69) is 9.97 Å². The molecular weight excluding hydrogens is 266 g/mol. The van der Waals surface area contributed by atoms with E-state index in [0.29, 0.717) is 5.82 Å². The molecule has 0 unspecified atom stereocenters. The minimum atomic E-state index is 0.554. The Morgan fingerprint density at radius 3 is 2.50 bits per heavy atom. The number of rotatable bonds is 3. The smallest absolute Gasteiger partial charge is 0.131 e. The maximum absolute atomic E-state index is 5.89. The first-order valence-electron chi connectivity index (χ1n) is 5.66. The zero-order valence-electron chi connectivity index (χ0n) is 10.3. The number of nitrogens with two attached hydrogens (primary N) is 1. The molecule has 0 fully saturated rings. The molecule has 94 valence electrons. The van der Waals surface area contributed by atoms with Crippen molar-refractivity contribution in [3.8, 4) is 0 Å². The number of halogens is 1. The number of benzene rings is 1. The summed E-state index contributed by atoms with van der Waals surface area (Å²) < 4.78 is 0. The predicted molar refractivity (Wildman–Crippen MR) is 76.1 cm³/mol. The van der Waals surface area contributed by atoms with Gasteiger partial charge in [-0.05, 0) is 31.2 Å². The van der Waals surface area contributed by atoms with Crippen molar-refractivity contribution in [2.45, 2.75) is 30.2 Å². The second-order valence-corrected chi connectivity index (χ2v) is 5.36. The van der Waals surface area contributed by atoms with Crippen LogP contribution in [0.15, 0.2) is 34.2 Å². The summed E-state index contributed by atoms with van der Waals surface area (Å²) in [5.41, 5.74) is 6.81. The van der Waals surface area contributed by atoms with Crippen LogP contribution in [0.3, 0.4) is 0 Å². The molecule has 0 bridgehead atoms. The van der Waals surface area contributed by atoms with Crippen LogP contribution < -0.4 is 5.73 Å². The van der Waals surface area contributed by atoms with Gasteiger partial charge in [-0.15, -0.1) is 0 Å². The minimum absolute atomic E-state index is 0.554. The van der Waals surface area contributed by atoms with Crippen LogP contribution in [0, 0.1) is 6.92 Å².